The van der Waals surface area contributed by atoms with Gasteiger partial charge in [0.05, 0.1) is 19.8 Å². The molecule has 7 heteroatoms. The van der Waals surface area contributed by atoms with E-state index in [9.17, 15) is 4.79 Å². The summed E-state index contributed by atoms with van der Waals surface area (Å²) in [5.41, 5.74) is 7.30. The van der Waals surface area contributed by atoms with E-state index in [0.717, 1.165) is 5.69 Å². The Kier molecular flexibility index (Phi) is 3.79. The van der Waals surface area contributed by atoms with Crippen LogP contribution in [0.4, 0.5) is 11.5 Å². The summed E-state index contributed by atoms with van der Waals surface area (Å²) in [6.07, 6.45) is 0. The molecule has 1 aromatic carbocycles. The topological polar surface area (TPSA) is 102 Å². The number of hydrogen-bond acceptors (Lipinski definition) is 5. The average Bonchev–Trinajstić information content (AvgIpc) is 2.83. The average molecular weight is 276 g/mol. The first kappa shape index (κ1) is 13.7. The Morgan fingerprint density at radius 3 is 2.45 bits per heavy atom. The first-order valence-corrected chi connectivity index (χ1v) is 5.90. The molecule has 0 saturated heterocycles. The number of hydrogen-bond donors (Lipinski definition) is 3. The number of aromatic amines is 1. The normalized spacial score (nSPS) is 10.2. The Morgan fingerprint density at radius 1 is 1.25 bits per heavy atom. The summed E-state index contributed by atoms with van der Waals surface area (Å²) < 4.78 is 10.3. The first-order chi connectivity index (χ1) is 9.55. The van der Waals surface area contributed by atoms with Gasteiger partial charge >= 0.3 is 0 Å². The van der Waals surface area contributed by atoms with Crippen molar-refractivity contribution in [1.29, 1.82) is 0 Å². The SMILES string of the molecule is COc1cc(N)c(C(=O)Nc2cc(C)[nH]n2)cc1OC. The fourth-order valence-electron chi connectivity index (χ4n) is 1.76. The summed E-state index contributed by atoms with van der Waals surface area (Å²) in [4.78, 5) is 12.2. The molecule has 106 valence electrons. The Balaban J connectivity index is 2.29. The van der Waals surface area contributed by atoms with Crippen molar-refractivity contribution in [3.05, 3.63) is 29.5 Å². The predicted octanol–water partition coefficient (Wildman–Crippen LogP) is 1.57. The van der Waals surface area contributed by atoms with Gasteiger partial charge in [0.2, 0.25) is 0 Å². The maximum absolute atomic E-state index is 12.2. The Bertz CT molecular complexity index is 637. The van der Waals surface area contributed by atoms with Crippen LogP contribution in [0.25, 0.3) is 0 Å². The van der Waals surface area contributed by atoms with E-state index in [1.807, 2.05) is 6.92 Å². The van der Waals surface area contributed by atoms with Crippen LogP contribution in [0, 0.1) is 6.92 Å². The minimum Gasteiger partial charge on any atom is -0.493 e. The van der Waals surface area contributed by atoms with E-state index in [-0.39, 0.29) is 5.91 Å². The van der Waals surface area contributed by atoms with Gasteiger partial charge in [0.25, 0.3) is 5.91 Å². The summed E-state index contributed by atoms with van der Waals surface area (Å²) in [5, 5.41) is 9.32. The van der Waals surface area contributed by atoms with E-state index < -0.39 is 0 Å². The number of nitrogen functional groups attached to an aromatic ring is 1. The second-order valence-electron chi connectivity index (χ2n) is 4.18. The number of amides is 1. The van der Waals surface area contributed by atoms with Crippen molar-refractivity contribution in [2.24, 2.45) is 0 Å². The third-order valence-corrected chi connectivity index (χ3v) is 2.75. The second kappa shape index (κ2) is 5.52. The molecule has 0 saturated carbocycles. The molecule has 1 aromatic heterocycles. The van der Waals surface area contributed by atoms with Gasteiger partial charge in [-0.3, -0.25) is 9.89 Å². The summed E-state index contributed by atoms with van der Waals surface area (Å²) in [6.45, 7) is 1.84. The standard InChI is InChI=1S/C13H16N4O3/c1-7-4-12(17-16-7)15-13(18)8-5-10(19-2)11(20-3)6-9(8)14/h4-6H,14H2,1-3H3,(H2,15,16,17,18). The monoisotopic (exact) mass is 276 g/mol. The van der Waals surface area contributed by atoms with Gasteiger partial charge in [-0.25, -0.2) is 0 Å². The van der Waals surface area contributed by atoms with Crippen LogP contribution in [0.3, 0.4) is 0 Å². The number of H-pyrrole nitrogens is 1. The van der Waals surface area contributed by atoms with Gasteiger partial charge in [0.15, 0.2) is 17.3 Å². The molecule has 0 aliphatic rings. The van der Waals surface area contributed by atoms with Gasteiger partial charge in [-0.2, -0.15) is 5.10 Å². The van der Waals surface area contributed by atoms with Gasteiger partial charge in [-0.15, -0.1) is 0 Å². The highest BCUT2D eigenvalue weighted by Crippen LogP contribution is 2.32. The number of ether oxygens (including phenoxy) is 2. The smallest absolute Gasteiger partial charge is 0.259 e. The van der Waals surface area contributed by atoms with Crippen molar-refractivity contribution in [1.82, 2.24) is 10.2 Å². The fourth-order valence-corrected chi connectivity index (χ4v) is 1.76. The number of rotatable bonds is 4. The number of carbonyl (C=O) groups excluding carboxylic acids is 1. The van der Waals surface area contributed by atoms with Crippen molar-refractivity contribution >= 4 is 17.4 Å². The van der Waals surface area contributed by atoms with Crippen LogP contribution < -0.4 is 20.5 Å². The number of nitrogens with two attached hydrogens (primary N) is 1. The van der Waals surface area contributed by atoms with Gasteiger partial charge in [0.1, 0.15) is 0 Å². The molecule has 0 aliphatic carbocycles. The second-order valence-corrected chi connectivity index (χ2v) is 4.18. The molecule has 20 heavy (non-hydrogen) atoms. The lowest BCUT2D eigenvalue weighted by Gasteiger charge is -2.11. The molecule has 0 radical (unpaired) electrons. The maximum atomic E-state index is 12.2. The van der Waals surface area contributed by atoms with Crippen LogP contribution in [0.5, 0.6) is 11.5 Å². The largest absolute Gasteiger partial charge is 0.493 e. The highest BCUT2D eigenvalue weighted by molar-refractivity contribution is 6.07. The Hall–Kier alpha value is -2.70. The predicted molar refractivity (Wildman–Crippen MR) is 75.2 cm³/mol. The molecular weight excluding hydrogens is 260 g/mol. The van der Waals surface area contributed by atoms with Gasteiger partial charge in [-0.05, 0) is 13.0 Å². The third kappa shape index (κ3) is 2.66. The third-order valence-electron chi connectivity index (χ3n) is 2.75. The van der Waals surface area contributed by atoms with Crippen LogP contribution in [0.2, 0.25) is 0 Å². The number of nitrogens with one attached hydrogen (secondary N) is 2. The van der Waals surface area contributed by atoms with Crippen molar-refractivity contribution in [3.8, 4) is 11.5 Å². The van der Waals surface area contributed by atoms with E-state index >= 15 is 0 Å². The summed E-state index contributed by atoms with van der Waals surface area (Å²) in [6, 6.07) is 4.79. The van der Waals surface area contributed by atoms with E-state index in [4.69, 9.17) is 15.2 Å². The number of aryl methyl sites for hydroxylation is 1. The lowest BCUT2D eigenvalue weighted by atomic mass is 10.1. The van der Waals surface area contributed by atoms with E-state index in [1.165, 1.54) is 20.3 Å². The molecule has 0 aliphatic heterocycles. The minimum atomic E-state index is -0.366. The summed E-state index contributed by atoms with van der Waals surface area (Å²) >= 11 is 0. The number of anilines is 2. The summed E-state index contributed by atoms with van der Waals surface area (Å²) in [5.74, 6) is 0.971. The molecule has 7 nitrogen and oxygen atoms in total. The zero-order chi connectivity index (χ0) is 14.7. The molecule has 0 unspecified atom stereocenters. The molecular formula is C13H16N4O3. The van der Waals surface area contributed by atoms with Gasteiger partial charge < -0.3 is 20.5 Å². The van der Waals surface area contributed by atoms with Crippen LogP contribution in [-0.2, 0) is 0 Å². The van der Waals surface area contributed by atoms with E-state index in [1.54, 1.807) is 12.1 Å². The quantitative estimate of drug-likeness (QED) is 0.736. The van der Waals surface area contributed by atoms with Gasteiger partial charge in [-0.1, -0.05) is 0 Å². The number of carbonyl (C=O) groups is 1. The van der Waals surface area contributed by atoms with E-state index in [0.29, 0.717) is 28.6 Å². The molecule has 2 aromatic rings. The van der Waals surface area contributed by atoms with Crippen molar-refractivity contribution < 1.29 is 14.3 Å². The number of aromatic nitrogens is 2. The molecule has 0 fully saturated rings. The summed E-state index contributed by atoms with van der Waals surface area (Å²) in [7, 11) is 3.00. The van der Waals surface area contributed by atoms with Crippen molar-refractivity contribution in [2.75, 3.05) is 25.3 Å². The lowest BCUT2D eigenvalue weighted by molar-refractivity contribution is 0.102. The highest BCUT2D eigenvalue weighted by Gasteiger charge is 2.16. The minimum absolute atomic E-state index is 0.295. The molecule has 0 atom stereocenters. The Morgan fingerprint density at radius 2 is 1.90 bits per heavy atom. The number of benzene rings is 1. The zero-order valence-electron chi connectivity index (χ0n) is 11.5. The molecule has 0 bridgehead atoms. The first-order valence-electron chi connectivity index (χ1n) is 5.90. The maximum Gasteiger partial charge on any atom is 0.259 e. The molecule has 0 spiro atoms. The van der Waals surface area contributed by atoms with Crippen molar-refractivity contribution in [3.63, 3.8) is 0 Å². The fraction of sp³-hybridized carbons (Fsp3) is 0.231. The van der Waals surface area contributed by atoms with E-state index in [2.05, 4.69) is 15.5 Å². The van der Waals surface area contributed by atoms with Crippen molar-refractivity contribution in [2.45, 2.75) is 6.92 Å². The van der Waals surface area contributed by atoms with Crippen LogP contribution >= 0.6 is 0 Å². The Labute approximate surface area is 116 Å². The zero-order valence-corrected chi connectivity index (χ0v) is 11.5. The molecule has 2 rings (SSSR count). The molecule has 1 heterocycles. The van der Waals surface area contributed by atoms with Crippen LogP contribution in [-0.4, -0.2) is 30.3 Å². The van der Waals surface area contributed by atoms with Gasteiger partial charge in [0, 0.05) is 23.5 Å². The van der Waals surface area contributed by atoms with Crippen LogP contribution in [0.15, 0.2) is 18.2 Å². The molecule has 4 N–H and O–H groups in total. The highest BCUT2D eigenvalue weighted by atomic mass is 16.5. The number of nitrogens with zero attached hydrogens (tertiary/aromatic N) is 1. The van der Waals surface area contributed by atoms with Crippen LogP contribution in [0.1, 0.15) is 16.1 Å². The number of methoxy groups -OCH3 is 2. The molecule has 1 amide bonds. The lowest BCUT2D eigenvalue weighted by Crippen LogP contribution is -2.14.